The Hall–Kier alpha value is -4.19. The molecule has 8 aromatic carbocycles. The van der Waals surface area contributed by atoms with Crippen LogP contribution in [0.1, 0.15) is 50.3 Å². The van der Waals surface area contributed by atoms with E-state index in [2.05, 4.69) is 181 Å². The van der Waals surface area contributed by atoms with E-state index in [1.165, 1.54) is 85.2 Å². The minimum Gasteiger partial charge on any atom is -0.165 e. The molecular weight excluding hydrogens is 644 g/mol. The molecule has 0 aromatic heterocycles. The fourth-order valence-electron chi connectivity index (χ4n) is 6.57. The van der Waals surface area contributed by atoms with Crippen molar-refractivity contribution in [3.63, 3.8) is 0 Å². The van der Waals surface area contributed by atoms with Gasteiger partial charge in [0.25, 0.3) is 0 Å². The van der Waals surface area contributed by atoms with Gasteiger partial charge in [-0.15, -0.1) is 68.6 Å². The number of hydrogen-bond acceptors (Lipinski definition) is 0. The molecule has 0 radical (unpaired) electrons. The summed E-state index contributed by atoms with van der Waals surface area (Å²) in [7, 11) is 0. The summed E-state index contributed by atoms with van der Waals surface area (Å²) in [5, 5.41) is 10.7. The molecule has 1 heteroatoms. The number of fused-ring (bicyclic) bond motifs is 4. The van der Waals surface area contributed by atoms with Crippen molar-refractivity contribution < 1.29 is 24.2 Å². The second-order valence-electron chi connectivity index (χ2n) is 13.1. The van der Waals surface area contributed by atoms with Crippen molar-refractivity contribution in [1.29, 1.82) is 0 Å². The molecule has 0 bridgehead atoms. The average Bonchev–Trinajstić information content (AvgIpc) is 3.69. The molecule has 0 amide bonds. The number of aryl methyl sites for hydroxylation is 2. The summed E-state index contributed by atoms with van der Waals surface area (Å²) in [5.41, 5.74) is 9.42. The summed E-state index contributed by atoms with van der Waals surface area (Å²) in [6.07, 6.45) is 0. The molecule has 0 saturated carbocycles. The quantitative estimate of drug-likeness (QED) is 0.162. The van der Waals surface area contributed by atoms with Gasteiger partial charge >= 0.3 is 41.3 Å². The Kier molecular flexibility index (Phi) is 9.96. The summed E-state index contributed by atoms with van der Waals surface area (Å²) in [6, 6.07) is 50.8. The molecule has 0 heterocycles. The smallest absolute Gasteiger partial charge is 0.0114 e. The molecule has 8 rings (SSSR count). The van der Waals surface area contributed by atoms with Crippen LogP contribution in [0.5, 0.6) is 0 Å². The van der Waals surface area contributed by atoms with Crippen molar-refractivity contribution in [2.45, 2.75) is 47.5 Å². The SMILES string of the molecule is CC(C)c1cc2c(-c3cccc4ccccc34)cccc2[cH-]1.C[C](C)=[Zr+2].Cc1cc2c(-c3cccc4ccccc34)ccc(C)c2[cH-]1. The molecule has 0 spiro atoms. The summed E-state index contributed by atoms with van der Waals surface area (Å²) >= 11 is 1.55. The molecule has 230 valence electrons. The molecule has 0 aliphatic rings. The standard InChI is InChI=1S/C22H19.C21H17.C3H6.Zr/c1-15(2)18-13-17-9-6-12-21(22(17)14-18)20-11-5-8-16-7-3-4-10-19(16)20;1-14-12-20-15(2)10-11-19(21(20)13-14)18-9-5-7-16-6-3-4-8-17(16)18;1-3-2;/h3-15H,1-2H3;3-13H,1-2H3;1-2H3;/q2*-1;;+2. The van der Waals surface area contributed by atoms with Gasteiger partial charge in [-0.25, -0.2) is 0 Å². The van der Waals surface area contributed by atoms with E-state index < -0.39 is 0 Å². The van der Waals surface area contributed by atoms with Gasteiger partial charge in [-0.2, -0.15) is 12.1 Å². The zero-order valence-corrected chi connectivity index (χ0v) is 30.8. The van der Waals surface area contributed by atoms with Crippen LogP contribution in [0.4, 0.5) is 0 Å². The van der Waals surface area contributed by atoms with E-state index in [1.54, 1.807) is 24.2 Å². The molecule has 8 aromatic rings. The molecule has 0 aliphatic carbocycles. The predicted octanol–water partition coefficient (Wildman–Crippen LogP) is 13.2. The molecular formula is C46H42Zr. The van der Waals surface area contributed by atoms with E-state index >= 15 is 0 Å². The van der Waals surface area contributed by atoms with Gasteiger partial charge in [-0.3, -0.25) is 0 Å². The van der Waals surface area contributed by atoms with Crippen molar-refractivity contribution >= 4 is 46.3 Å². The van der Waals surface area contributed by atoms with Gasteiger partial charge in [0.1, 0.15) is 0 Å². The maximum absolute atomic E-state index is 2.36. The fourth-order valence-corrected chi connectivity index (χ4v) is 6.57. The largest absolute Gasteiger partial charge is 0.165 e. The fraction of sp³-hybridized carbons (Fsp3) is 0.152. The first-order valence-corrected chi connectivity index (χ1v) is 17.8. The molecule has 0 fully saturated rings. The van der Waals surface area contributed by atoms with Crippen LogP contribution in [-0.4, -0.2) is 3.21 Å². The zero-order valence-electron chi connectivity index (χ0n) is 28.4. The van der Waals surface area contributed by atoms with Crippen molar-refractivity contribution in [3.8, 4) is 22.3 Å². The average molecular weight is 686 g/mol. The number of hydrogen-bond donors (Lipinski definition) is 0. The molecule has 47 heavy (non-hydrogen) atoms. The van der Waals surface area contributed by atoms with Crippen molar-refractivity contribution in [1.82, 2.24) is 0 Å². The van der Waals surface area contributed by atoms with Crippen LogP contribution in [0.2, 0.25) is 0 Å². The Balaban J connectivity index is 0.000000148. The van der Waals surface area contributed by atoms with E-state index in [-0.39, 0.29) is 0 Å². The van der Waals surface area contributed by atoms with Crippen LogP contribution in [0, 0.1) is 13.8 Å². The second-order valence-corrected chi connectivity index (χ2v) is 15.6. The minimum atomic E-state index is 0.563. The monoisotopic (exact) mass is 684 g/mol. The first kappa shape index (κ1) is 32.7. The first-order chi connectivity index (χ1) is 22.7. The van der Waals surface area contributed by atoms with Crippen molar-refractivity contribution in [2.24, 2.45) is 0 Å². The zero-order chi connectivity index (χ0) is 33.1. The Bertz CT molecular complexity index is 2320. The summed E-state index contributed by atoms with van der Waals surface area (Å²) in [4.78, 5) is 0. The first-order valence-electron chi connectivity index (χ1n) is 16.6. The maximum atomic E-state index is 2.36. The molecule has 0 saturated heterocycles. The van der Waals surface area contributed by atoms with E-state index in [9.17, 15) is 0 Å². The summed E-state index contributed by atoms with van der Waals surface area (Å²) in [6.45, 7) is 13.1. The van der Waals surface area contributed by atoms with Gasteiger partial charge in [-0.1, -0.05) is 136 Å². The molecule has 0 N–H and O–H groups in total. The van der Waals surface area contributed by atoms with E-state index in [1.807, 2.05) is 0 Å². The van der Waals surface area contributed by atoms with Crippen LogP contribution in [0.15, 0.2) is 140 Å². The van der Waals surface area contributed by atoms with Gasteiger partial charge in [0.15, 0.2) is 0 Å². The van der Waals surface area contributed by atoms with Gasteiger partial charge in [0, 0.05) is 0 Å². The number of benzene rings is 6. The van der Waals surface area contributed by atoms with Gasteiger partial charge < -0.3 is 0 Å². The van der Waals surface area contributed by atoms with E-state index in [0.29, 0.717) is 5.92 Å². The summed E-state index contributed by atoms with van der Waals surface area (Å²) < 4.78 is 1.51. The van der Waals surface area contributed by atoms with Crippen molar-refractivity contribution in [2.75, 3.05) is 0 Å². The Labute approximate surface area is 294 Å². The van der Waals surface area contributed by atoms with Crippen LogP contribution in [-0.2, 0) is 24.2 Å². The molecule has 0 aliphatic heterocycles. The number of rotatable bonds is 3. The van der Waals surface area contributed by atoms with Crippen molar-refractivity contribution in [3.05, 3.63) is 156 Å². The van der Waals surface area contributed by atoms with E-state index in [0.717, 1.165) is 0 Å². The second kappa shape index (κ2) is 14.3. The third kappa shape index (κ3) is 7.07. The third-order valence-corrected chi connectivity index (χ3v) is 8.85. The van der Waals surface area contributed by atoms with Crippen LogP contribution >= 0.6 is 0 Å². The Morgan fingerprint density at radius 3 is 1.60 bits per heavy atom. The van der Waals surface area contributed by atoms with Crippen LogP contribution in [0.3, 0.4) is 0 Å². The molecule has 0 unspecified atom stereocenters. The van der Waals surface area contributed by atoms with Crippen LogP contribution < -0.4 is 0 Å². The van der Waals surface area contributed by atoms with E-state index in [4.69, 9.17) is 0 Å². The Morgan fingerprint density at radius 1 is 0.532 bits per heavy atom. The van der Waals surface area contributed by atoms with Gasteiger partial charge in [0.05, 0.1) is 0 Å². The predicted molar refractivity (Wildman–Crippen MR) is 205 cm³/mol. The molecule has 0 nitrogen and oxygen atoms in total. The third-order valence-electron chi connectivity index (χ3n) is 8.85. The van der Waals surface area contributed by atoms with Crippen LogP contribution in [0.25, 0.3) is 65.3 Å². The molecule has 0 atom stereocenters. The maximum Gasteiger partial charge on any atom is -0.0114 e. The minimum absolute atomic E-state index is 0.563. The topological polar surface area (TPSA) is 0 Å². The summed E-state index contributed by atoms with van der Waals surface area (Å²) in [5.74, 6) is 0.563. The van der Waals surface area contributed by atoms with Gasteiger partial charge in [-0.05, 0) is 38.6 Å². The normalized spacial score (nSPS) is 11.1. The van der Waals surface area contributed by atoms with Gasteiger partial charge in [0.2, 0.25) is 0 Å². The Morgan fingerprint density at radius 2 is 1.02 bits per heavy atom.